The first-order valence-electron chi connectivity index (χ1n) is 6.86. The van der Waals surface area contributed by atoms with Gasteiger partial charge >= 0.3 is 0 Å². The summed E-state index contributed by atoms with van der Waals surface area (Å²) in [4.78, 5) is 0. The minimum atomic E-state index is 0.355. The highest BCUT2D eigenvalue weighted by Crippen LogP contribution is 2.18. The molecule has 1 aliphatic rings. The Balaban J connectivity index is 1.66. The van der Waals surface area contributed by atoms with E-state index in [2.05, 4.69) is 18.3 Å². The van der Waals surface area contributed by atoms with Crippen LogP contribution in [0.2, 0.25) is 5.02 Å². The van der Waals surface area contributed by atoms with Crippen molar-refractivity contribution < 1.29 is 4.74 Å². The molecule has 0 amide bonds. The zero-order valence-corrected chi connectivity index (χ0v) is 11.7. The summed E-state index contributed by atoms with van der Waals surface area (Å²) in [6.45, 7) is 4.17. The Kier molecular flexibility index (Phi) is 5.48. The molecule has 3 heteroatoms. The fraction of sp³-hybridized carbons (Fsp3) is 0.600. The molecule has 100 valence electrons. The molecule has 0 radical (unpaired) electrons. The van der Waals surface area contributed by atoms with Crippen LogP contribution in [0.15, 0.2) is 24.3 Å². The van der Waals surface area contributed by atoms with Crippen molar-refractivity contribution in [2.45, 2.75) is 44.8 Å². The Labute approximate surface area is 115 Å². The molecule has 0 bridgehead atoms. The molecule has 0 aliphatic carbocycles. The van der Waals surface area contributed by atoms with Gasteiger partial charge in [-0.2, -0.15) is 0 Å². The number of hydrogen-bond donors (Lipinski definition) is 1. The molecule has 1 saturated heterocycles. The molecule has 0 spiro atoms. The summed E-state index contributed by atoms with van der Waals surface area (Å²) in [6, 6.07) is 8.41. The second kappa shape index (κ2) is 7.13. The van der Waals surface area contributed by atoms with E-state index in [1.165, 1.54) is 31.2 Å². The van der Waals surface area contributed by atoms with Crippen LogP contribution < -0.4 is 5.32 Å². The Morgan fingerprint density at radius 2 is 2.39 bits per heavy atom. The van der Waals surface area contributed by atoms with E-state index in [1.807, 2.05) is 18.2 Å². The van der Waals surface area contributed by atoms with Crippen LogP contribution >= 0.6 is 11.6 Å². The maximum Gasteiger partial charge on any atom is 0.0576 e. The van der Waals surface area contributed by atoms with Gasteiger partial charge < -0.3 is 10.1 Å². The van der Waals surface area contributed by atoms with Crippen LogP contribution in [0.25, 0.3) is 0 Å². The van der Waals surface area contributed by atoms with Gasteiger partial charge in [-0.1, -0.05) is 23.7 Å². The van der Waals surface area contributed by atoms with Crippen LogP contribution in [0.5, 0.6) is 0 Å². The highest BCUT2D eigenvalue weighted by Gasteiger charge is 2.14. The third-order valence-corrected chi connectivity index (χ3v) is 3.76. The molecule has 18 heavy (non-hydrogen) atoms. The van der Waals surface area contributed by atoms with Crippen molar-refractivity contribution in [2.24, 2.45) is 0 Å². The Bertz CT molecular complexity index is 363. The van der Waals surface area contributed by atoms with E-state index in [1.54, 1.807) is 0 Å². The number of hydrogen-bond acceptors (Lipinski definition) is 2. The highest BCUT2D eigenvalue weighted by atomic mass is 35.5. The smallest absolute Gasteiger partial charge is 0.0576 e. The van der Waals surface area contributed by atoms with E-state index >= 15 is 0 Å². The van der Waals surface area contributed by atoms with E-state index in [9.17, 15) is 0 Å². The second-order valence-electron chi connectivity index (χ2n) is 5.01. The molecule has 0 saturated carbocycles. The molecule has 1 aliphatic heterocycles. The molecule has 1 aromatic carbocycles. The maximum absolute atomic E-state index is 5.99. The summed E-state index contributed by atoms with van der Waals surface area (Å²) in [5, 5.41) is 4.34. The third kappa shape index (κ3) is 4.27. The van der Waals surface area contributed by atoms with E-state index in [0.29, 0.717) is 12.1 Å². The van der Waals surface area contributed by atoms with Crippen molar-refractivity contribution in [1.29, 1.82) is 0 Å². The number of ether oxygens (including phenoxy) is 1. The molecule has 1 heterocycles. The van der Waals surface area contributed by atoms with Crippen molar-refractivity contribution in [2.75, 3.05) is 13.2 Å². The van der Waals surface area contributed by atoms with Crippen molar-refractivity contribution in [3.63, 3.8) is 0 Å². The summed E-state index contributed by atoms with van der Waals surface area (Å²) in [5.41, 5.74) is 1.25. The van der Waals surface area contributed by atoms with Gasteiger partial charge in [-0.25, -0.2) is 0 Å². The fourth-order valence-corrected chi connectivity index (χ4v) is 2.61. The number of nitrogens with one attached hydrogen (secondary N) is 1. The third-order valence-electron chi connectivity index (χ3n) is 3.53. The first-order chi connectivity index (χ1) is 8.75. The van der Waals surface area contributed by atoms with Crippen molar-refractivity contribution >= 4 is 11.6 Å². The van der Waals surface area contributed by atoms with E-state index in [-0.39, 0.29) is 0 Å². The van der Waals surface area contributed by atoms with Crippen LogP contribution in [0.3, 0.4) is 0 Å². The van der Waals surface area contributed by atoms with Gasteiger partial charge in [0, 0.05) is 17.7 Å². The molecule has 1 unspecified atom stereocenters. The van der Waals surface area contributed by atoms with Crippen molar-refractivity contribution in [3.8, 4) is 0 Å². The molecule has 1 aromatic rings. The van der Waals surface area contributed by atoms with Crippen LogP contribution in [-0.4, -0.2) is 19.3 Å². The zero-order valence-electron chi connectivity index (χ0n) is 11.0. The largest absolute Gasteiger partial charge is 0.378 e. The van der Waals surface area contributed by atoms with Crippen LogP contribution in [0.1, 0.15) is 44.2 Å². The molecule has 1 N–H and O–H groups in total. The minimum Gasteiger partial charge on any atom is -0.378 e. The van der Waals surface area contributed by atoms with Gasteiger partial charge in [0.15, 0.2) is 0 Å². The number of rotatable bonds is 6. The maximum atomic E-state index is 5.99. The quantitative estimate of drug-likeness (QED) is 0.788. The van der Waals surface area contributed by atoms with E-state index in [4.69, 9.17) is 16.3 Å². The van der Waals surface area contributed by atoms with Crippen molar-refractivity contribution in [1.82, 2.24) is 5.32 Å². The standard InChI is InChI=1S/C15H22ClNO/c1-12(13-5-2-6-14(16)11-13)17-9-3-7-15-8-4-10-18-15/h2,5-6,11-12,15,17H,3-4,7-10H2,1H3/t12-,15?/m0/s1. The van der Waals surface area contributed by atoms with E-state index < -0.39 is 0 Å². The molecule has 2 nitrogen and oxygen atoms in total. The summed E-state index contributed by atoms with van der Waals surface area (Å²) >= 11 is 5.99. The summed E-state index contributed by atoms with van der Waals surface area (Å²) in [5.74, 6) is 0. The molecule has 0 aromatic heterocycles. The average molecular weight is 268 g/mol. The van der Waals surface area contributed by atoms with Gasteiger partial charge in [0.2, 0.25) is 0 Å². The Morgan fingerprint density at radius 1 is 1.50 bits per heavy atom. The Hall–Kier alpha value is -0.570. The summed E-state index contributed by atoms with van der Waals surface area (Å²) in [7, 11) is 0. The summed E-state index contributed by atoms with van der Waals surface area (Å²) < 4.78 is 5.62. The number of halogens is 1. The highest BCUT2D eigenvalue weighted by molar-refractivity contribution is 6.30. The van der Waals surface area contributed by atoms with Gasteiger partial charge in [-0.3, -0.25) is 0 Å². The van der Waals surface area contributed by atoms with Crippen LogP contribution in [0, 0.1) is 0 Å². The lowest BCUT2D eigenvalue weighted by molar-refractivity contribution is 0.102. The van der Waals surface area contributed by atoms with E-state index in [0.717, 1.165) is 18.2 Å². The van der Waals surface area contributed by atoms with Gasteiger partial charge in [-0.05, 0) is 56.8 Å². The van der Waals surface area contributed by atoms with Gasteiger partial charge in [-0.15, -0.1) is 0 Å². The van der Waals surface area contributed by atoms with Crippen molar-refractivity contribution in [3.05, 3.63) is 34.9 Å². The monoisotopic (exact) mass is 267 g/mol. The first kappa shape index (κ1) is 13.9. The lowest BCUT2D eigenvalue weighted by atomic mass is 10.1. The normalized spacial score (nSPS) is 21.1. The lowest BCUT2D eigenvalue weighted by Crippen LogP contribution is -2.21. The number of benzene rings is 1. The Morgan fingerprint density at radius 3 is 3.11 bits per heavy atom. The predicted octanol–water partition coefficient (Wildman–Crippen LogP) is 3.95. The van der Waals surface area contributed by atoms with Gasteiger partial charge in [0.25, 0.3) is 0 Å². The van der Waals surface area contributed by atoms with Gasteiger partial charge in [0.1, 0.15) is 0 Å². The average Bonchev–Trinajstić information content (AvgIpc) is 2.87. The van der Waals surface area contributed by atoms with Gasteiger partial charge in [0.05, 0.1) is 6.10 Å². The lowest BCUT2D eigenvalue weighted by Gasteiger charge is -2.15. The molecular weight excluding hydrogens is 246 g/mol. The molecule has 2 atom stereocenters. The molecule has 2 rings (SSSR count). The fourth-order valence-electron chi connectivity index (χ4n) is 2.41. The molecule has 1 fully saturated rings. The topological polar surface area (TPSA) is 21.3 Å². The predicted molar refractivity (Wildman–Crippen MR) is 76.1 cm³/mol. The minimum absolute atomic E-state index is 0.355. The van der Waals surface area contributed by atoms with Crippen LogP contribution in [-0.2, 0) is 4.74 Å². The second-order valence-corrected chi connectivity index (χ2v) is 5.44. The zero-order chi connectivity index (χ0) is 12.8. The molecular formula is C15H22ClNO. The first-order valence-corrected chi connectivity index (χ1v) is 7.24. The summed E-state index contributed by atoms with van der Waals surface area (Å²) in [6.07, 6.45) is 5.33. The SMILES string of the molecule is C[C@H](NCCCC1CCCO1)c1cccc(Cl)c1. The van der Waals surface area contributed by atoms with Crippen LogP contribution in [0.4, 0.5) is 0 Å².